The molecule has 0 aliphatic heterocycles. The molecule has 1 aromatic heterocycles. The normalized spacial score (nSPS) is 10.8. The third-order valence-corrected chi connectivity index (χ3v) is 4.23. The molecule has 3 nitrogen and oxygen atoms in total. The van der Waals surface area contributed by atoms with Crippen molar-refractivity contribution in [3.63, 3.8) is 0 Å². The summed E-state index contributed by atoms with van der Waals surface area (Å²) >= 11 is 1.75. The lowest BCUT2D eigenvalue weighted by molar-refractivity contribution is 1.10. The van der Waals surface area contributed by atoms with E-state index in [4.69, 9.17) is 0 Å². The Kier molecular flexibility index (Phi) is 4.06. The summed E-state index contributed by atoms with van der Waals surface area (Å²) in [4.78, 5) is 10.00. The van der Waals surface area contributed by atoms with E-state index in [1.54, 1.807) is 18.1 Å². The lowest BCUT2D eigenvalue weighted by atomic mass is 10.1. The number of aromatic nitrogens is 2. The van der Waals surface area contributed by atoms with Gasteiger partial charge in [0.05, 0.1) is 5.52 Å². The molecule has 1 N–H and O–H groups in total. The van der Waals surface area contributed by atoms with E-state index in [0.29, 0.717) is 0 Å². The van der Waals surface area contributed by atoms with Crippen LogP contribution in [0.25, 0.3) is 10.9 Å². The summed E-state index contributed by atoms with van der Waals surface area (Å²) in [5, 5.41) is 4.52. The second kappa shape index (κ2) is 6.14. The first-order valence-electron chi connectivity index (χ1n) is 6.85. The third-order valence-electron chi connectivity index (χ3n) is 3.49. The lowest BCUT2D eigenvalue weighted by Gasteiger charge is -2.10. The first kappa shape index (κ1) is 13.9. The van der Waals surface area contributed by atoms with Gasteiger partial charge in [0.1, 0.15) is 12.1 Å². The number of nitrogens with zero attached hydrogens (tertiary/aromatic N) is 2. The number of thioether (sulfide) groups is 1. The Morgan fingerprint density at radius 3 is 2.62 bits per heavy atom. The topological polar surface area (TPSA) is 37.8 Å². The fraction of sp³-hybridized carbons (Fsp3) is 0.176. The summed E-state index contributed by atoms with van der Waals surface area (Å²) in [5.74, 6) is 0.895. The van der Waals surface area contributed by atoms with Crippen molar-refractivity contribution in [2.45, 2.75) is 18.4 Å². The van der Waals surface area contributed by atoms with E-state index in [2.05, 4.69) is 58.8 Å². The van der Waals surface area contributed by atoms with Gasteiger partial charge in [0.15, 0.2) is 0 Å². The van der Waals surface area contributed by atoms with E-state index in [1.807, 2.05) is 12.1 Å². The minimum Gasteiger partial charge on any atom is -0.365 e. The fourth-order valence-corrected chi connectivity index (χ4v) is 2.75. The highest BCUT2D eigenvalue weighted by Crippen LogP contribution is 2.23. The van der Waals surface area contributed by atoms with Crippen LogP contribution in [0.15, 0.2) is 53.7 Å². The molecular formula is C17H17N3S. The highest BCUT2D eigenvalue weighted by atomic mass is 32.2. The van der Waals surface area contributed by atoms with Crippen LogP contribution in [0.4, 0.5) is 5.82 Å². The molecule has 0 bridgehead atoms. The summed E-state index contributed by atoms with van der Waals surface area (Å²) in [6, 6.07) is 14.7. The van der Waals surface area contributed by atoms with Crippen LogP contribution in [0.1, 0.15) is 11.1 Å². The Balaban J connectivity index is 1.84. The van der Waals surface area contributed by atoms with Crippen molar-refractivity contribution in [2.75, 3.05) is 11.6 Å². The van der Waals surface area contributed by atoms with Gasteiger partial charge in [0, 0.05) is 16.8 Å². The average Bonchev–Trinajstić information content (AvgIpc) is 2.53. The van der Waals surface area contributed by atoms with Gasteiger partial charge in [-0.2, -0.15) is 0 Å². The lowest BCUT2D eigenvalue weighted by Crippen LogP contribution is -2.03. The smallest absolute Gasteiger partial charge is 0.137 e. The zero-order valence-corrected chi connectivity index (χ0v) is 12.9. The van der Waals surface area contributed by atoms with Gasteiger partial charge in [0.2, 0.25) is 0 Å². The molecule has 21 heavy (non-hydrogen) atoms. The molecule has 0 saturated carbocycles. The number of hydrogen-bond acceptors (Lipinski definition) is 4. The molecule has 0 spiro atoms. The van der Waals surface area contributed by atoms with Crippen LogP contribution in [0.5, 0.6) is 0 Å². The molecule has 2 aromatic carbocycles. The van der Waals surface area contributed by atoms with Crippen LogP contribution in [0, 0.1) is 6.92 Å². The zero-order chi connectivity index (χ0) is 14.7. The van der Waals surface area contributed by atoms with Crippen molar-refractivity contribution in [1.29, 1.82) is 0 Å². The molecular weight excluding hydrogens is 278 g/mol. The summed E-state index contributed by atoms with van der Waals surface area (Å²) in [7, 11) is 0. The van der Waals surface area contributed by atoms with Gasteiger partial charge in [-0.3, -0.25) is 0 Å². The van der Waals surface area contributed by atoms with Gasteiger partial charge in [-0.05, 0) is 42.5 Å². The molecule has 0 aliphatic rings. The van der Waals surface area contributed by atoms with Crippen LogP contribution in [-0.4, -0.2) is 16.2 Å². The molecule has 0 aliphatic carbocycles. The largest absolute Gasteiger partial charge is 0.365 e. The number of nitrogens with one attached hydrogen (secondary N) is 1. The predicted molar refractivity (Wildman–Crippen MR) is 89.8 cm³/mol. The van der Waals surface area contributed by atoms with Crippen molar-refractivity contribution < 1.29 is 0 Å². The molecule has 3 rings (SSSR count). The first-order valence-corrected chi connectivity index (χ1v) is 8.07. The van der Waals surface area contributed by atoms with E-state index in [-0.39, 0.29) is 0 Å². The number of fused-ring (bicyclic) bond motifs is 1. The molecule has 0 saturated heterocycles. The Morgan fingerprint density at radius 2 is 1.86 bits per heavy atom. The van der Waals surface area contributed by atoms with Crippen molar-refractivity contribution >= 4 is 28.5 Å². The molecule has 1 heterocycles. The maximum Gasteiger partial charge on any atom is 0.137 e. The molecule has 0 atom stereocenters. The number of aryl methyl sites for hydroxylation is 1. The SMILES string of the molecule is CSc1ccc(CNc2ncnc3cccc(C)c23)cc1. The van der Waals surface area contributed by atoms with Gasteiger partial charge in [-0.25, -0.2) is 9.97 Å². The van der Waals surface area contributed by atoms with Gasteiger partial charge < -0.3 is 5.32 Å². The van der Waals surface area contributed by atoms with Gasteiger partial charge >= 0.3 is 0 Å². The van der Waals surface area contributed by atoms with E-state index in [0.717, 1.165) is 23.3 Å². The Morgan fingerprint density at radius 1 is 1.05 bits per heavy atom. The molecule has 106 valence electrons. The van der Waals surface area contributed by atoms with E-state index >= 15 is 0 Å². The van der Waals surface area contributed by atoms with E-state index < -0.39 is 0 Å². The summed E-state index contributed by atoms with van der Waals surface area (Å²) < 4.78 is 0. The Hall–Kier alpha value is -2.07. The highest BCUT2D eigenvalue weighted by Gasteiger charge is 2.05. The number of benzene rings is 2. The maximum atomic E-state index is 4.39. The van der Waals surface area contributed by atoms with Gasteiger partial charge in [-0.15, -0.1) is 11.8 Å². The minimum atomic E-state index is 0.759. The van der Waals surface area contributed by atoms with Crippen molar-refractivity contribution in [1.82, 2.24) is 9.97 Å². The monoisotopic (exact) mass is 295 g/mol. The number of anilines is 1. The van der Waals surface area contributed by atoms with E-state index in [9.17, 15) is 0 Å². The molecule has 0 unspecified atom stereocenters. The van der Waals surface area contributed by atoms with Crippen LogP contribution < -0.4 is 5.32 Å². The zero-order valence-electron chi connectivity index (χ0n) is 12.1. The average molecular weight is 295 g/mol. The van der Waals surface area contributed by atoms with Gasteiger partial charge in [-0.1, -0.05) is 24.3 Å². The third kappa shape index (κ3) is 3.00. The van der Waals surface area contributed by atoms with Crippen molar-refractivity contribution in [2.24, 2.45) is 0 Å². The Bertz CT molecular complexity index is 748. The van der Waals surface area contributed by atoms with Crippen molar-refractivity contribution in [3.05, 3.63) is 59.9 Å². The van der Waals surface area contributed by atoms with Crippen LogP contribution >= 0.6 is 11.8 Å². The molecule has 0 amide bonds. The molecule has 3 aromatic rings. The predicted octanol–water partition coefficient (Wildman–Crippen LogP) is 4.27. The molecule has 4 heteroatoms. The van der Waals surface area contributed by atoms with Crippen molar-refractivity contribution in [3.8, 4) is 0 Å². The number of hydrogen-bond donors (Lipinski definition) is 1. The second-order valence-corrected chi connectivity index (χ2v) is 5.77. The highest BCUT2D eigenvalue weighted by molar-refractivity contribution is 7.98. The molecule has 0 fully saturated rings. The minimum absolute atomic E-state index is 0.759. The first-order chi connectivity index (χ1) is 10.3. The summed E-state index contributed by atoms with van der Waals surface area (Å²) in [6.45, 7) is 2.85. The van der Waals surface area contributed by atoms with Crippen LogP contribution in [0.2, 0.25) is 0 Å². The van der Waals surface area contributed by atoms with E-state index in [1.165, 1.54) is 16.0 Å². The quantitative estimate of drug-likeness (QED) is 0.729. The maximum absolute atomic E-state index is 4.39. The number of rotatable bonds is 4. The van der Waals surface area contributed by atoms with Crippen LogP contribution in [-0.2, 0) is 6.54 Å². The van der Waals surface area contributed by atoms with Crippen LogP contribution in [0.3, 0.4) is 0 Å². The standard InChI is InChI=1S/C17H17N3S/c1-12-4-3-5-15-16(12)17(20-11-19-15)18-10-13-6-8-14(21-2)9-7-13/h3-9,11H,10H2,1-2H3,(H,18,19,20). The second-order valence-electron chi connectivity index (χ2n) is 4.89. The summed E-state index contributed by atoms with van der Waals surface area (Å²) in [6.07, 6.45) is 3.70. The Labute approximate surface area is 128 Å². The molecule has 0 radical (unpaired) electrons. The van der Waals surface area contributed by atoms with Gasteiger partial charge in [0.25, 0.3) is 0 Å². The summed E-state index contributed by atoms with van der Waals surface area (Å²) in [5.41, 5.74) is 3.41. The fourth-order valence-electron chi connectivity index (χ4n) is 2.34.